The van der Waals surface area contributed by atoms with Crippen molar-refractivity contribution in [3.63, 3.8) is 0 Å². The molecule has 1 saturated carbocycles. The van der Waals surface area contributed by atoms with Gasteiger partial charge in [0.05, 0.1) is 12.9 Å². The predicted molar refractivity (Wildman–Crippen MR) is 92.4 cm³/mol. The van der Waals surface area contributed by atoms with Gasteiger partial charge in [0.15, 0.2) is 23.2 Å². The molecule has 4 rings (SSSR count). The molecule has 0 aromatic carbocycles. The summed E-state index contributed by atoms with van der Waals surface area (Å²) in [5.74, 6) is 0.950. The van der Waals surface area contributed by atoms with E-state index in [0.29, 0.717) is 22.9 Å². The van der Waals surface area contributed by atoms with Crippen LogP contribution in [0.2, 0.25) is 0 Å². The number of anilines is 1. The van der Waals surface area contributed by atoms with E-state index in [9.17, 15) is 15.3 Å². The first kappa shape index (κ1) is 17.3. The van der Waals surface area contributed by atoms with Crippen molar-refractivity contribution in [3.8, 4) is 0 Å². The van der Waals surface area contributed by atoms with E-state index in [1.165, 1.54) is 30.1 Å². The molecule has 4 atom stereocenters. The summed E-state index contributed by atoms with van der Waals surface area (Å²) in [7, 11) is 0. The summed E-state index contributed by atoms with van der Waals surface area (Å²) in [5, 5.41) is 33.7. The van der Waals surface area contributed by atoms with Gasteiger partial charge in [-0.05, 0) is 18.8 Å². The lowest BCUT2D eigenvalue weighted by atomic mass is 10.1. The Morgan fingerprint density at radius 1 is 1.23 bits per heavy atom. The average molecular weight is 362 g/mol. The van der Waals surface area contributed by atoms with E-state index >= 15 is 0 Å². The summed E-state index contributed by atoms with van der Waals surface area (Å²) in [6, 6.07) is 0. The number of ether oxygens (including phenoxy) is 1. The van der Waals surface area contributed by atoms with Crippen LogP contribution < -0.4 is 5.43 Å². The van der Waals surface area contributed by atoms with Crippen molar-refractivity contribution in [1.29, 1.82) is 0 Å². The number of hydrogen-bond donors (Lipinski definition) is 4. The third kappa shape index (κ3) is 3.05. The molecule has 26 heavy (non-hydrogen) atoms. The summed E-state index contributed by atoms with van der Waals surface area (Å²) in [6.45, 7) is -0.390. The van der Waals surface area contributed by atoms with Crippen LogP contribution in [-0.4, -0.2) is 66.0 Å². The topological polar surface area (TPSA) is 138 Å². The molecule has 0 bridgehead atoms. The van der Waals surface area contributed by atoms with E-state index < -0.39 is 24.5 Å². The van der Waals surface area contributed by atoms with Crippen LogP contribution >= 0.6 is 0 Å². The van der Waals surface area contributed by atoms with E-state index in [-0.39, 0.29) is 6.61 Å². The van der Waals surface area contributed by atoms with Crippen LogP contribution in [0, 0.1) is 5.92 Å². The van der Waals surface area contributed by atoms with Crippen LogP contribution in [-0.2, 0) is 4.74 Å². The lowest BCUT2D eigenvalue weighted by molar-refractivity contribution is -0.0511. The molecule has 10 heteroatoms. The van der Waals surface area contributed by atoms with Crippen LogP contribution in [0.4, 0.5) is 5.82 Å². The van der Waals surface area contributed by atoms with Crippen molar-refractivity contribution in [2.75, 3.05) is 12.0 Å². The van der Waals surface area contributed by atoms with Crippen LogP contribution in [0.5, 0.6) is 0 Å². The van der Waals surface area contributed by atoms with Gasteiger partial charge in [-0.2, -0.15) is 5.10 Å². The summed E-state index contributed by atoms with van der Waals surface area (Å²) in [5.41, 5.74) is 3.83. The number of aliphatic hydroxyl groups excluding tert-OH is 3. The predicted octanol–water partition coefficient (Wildman–Crippen LogP) is 0.0257. The molecule has 0 radical (unpaired) electrons. The number of imidazole rings is 1. The quantitative estimate of drug-likeness (QED) is 0.432. The number of nitrogens with one attached hydrogen (secondary N) is 1. The Morgan fingerprint density at radius 2 is 2.04 bits per heavy atom. The fourth-order valence-corrected chi connectivity index (χ4v) is 3.54. The third-order valence-corrected chi connectivity index (χ3v) is 5.01. The number of hydrazone groups is 1. The highest BCUT2D eigenvalue weighted by molar-refractivity contribution is 5.83. The molecule has 0 unspecified atom stereocenters. The van der Waals surface area contributed by atoms with Crippen LogP contribution in [0.1, 0.15) is 31.9 Å². The van der Waals surface area contributed by atoms with Gasteiger partial charge in [-0.3, -0.25) is 9.99 Å². The second-order valence-corrected chi connectivity index (χ2v) is 6.71. The number of rotatable bonds is 5. The zero-order valence-corrected chi connectivity index (χ0v) is 14.1. The van der Waals surface area contributed by atoms with Gasteiger partial charge in [0.1, 0.15) is 24.6 Å². The Hall–Kier alpha value is -2.14. The fourth-order valence-electron chi connectivity index (χ4n) is 3.54. The maximum absolute atomic E-state index is 10.2. The number of fused-ring (bicyclic) bond motifs is 1. The first-order valence-corrected chi connectivity index (χ1v) is 8.78. The SMILES string of the molecule is OC[C@H]1O[C@@H](n2cnc3c(NN=CC4CCCC4)ncnc32)[C@H](O)[C@@H]1O. The van der Waals surface area contributed by atoms with Gasteiger partial charge >= 0.3 is 0 Å². The van der Waals surface area contributed by atoms with Gasteiger partial charge in [-0.15, -0.1) is 0 Å². The minimum absolute atomic E-state index is 0.390. The van der Waals surface area contributed by atoms with Gasteiger partial charge in [0, 0.05) is 6.21 Å². The van der Waals surface area contributed by atoms with Crippen LogP contribution in [0.25, 0.3) is 11.2 Å². The Bertz CT molecular complexity index is 790. The molecule has 2 aromatic rings. The van der Waals surface area contributed by atoms with Crippen molar-refractivity contribution >= 4 is 23.2 Å². The van der Waals surface area contributed by atoms with E-state index in [4.69, 9.17) is 4.74 Å². The molecule has 2 aliphatic rings. The van der Waals surface area contributed by atoms with Gasteiger partial charge < -0.3 is 20.1 Å². The number of nitrogens with zero attached hydrogens (tertiary/aromatic N) is 5. The number of aliphatic hydroxyl groups is 3. The molecule has 3 heterocycles. The van der Waals surface area contributed by atoms with Gasteiger partial charge in [-0.25, -0.2) is 15.0 Å². The zero-order chi connectivity index (χ0) is 18.1. The van der Waals surface area contributed by atoms with E-state index in [1.54, 1.807) is 0 Å². The molecule has 1 aliphatic carbocycles. The maximum atomic E-state index is 10.2. The van der Waals surface area contributed by atoms with Crippen molar-refractivity contribution in [2.45, 2.75) is 50.2 Å². The third-order valence-electron chi connectivity index (χ3n) is 5.01. The monoisotopic (exact) mass is 362 g/mol. The molecule has 0 spiro atoms. The van der Waals surface area contributed by atoms with Crippen LogP contribution in [0.15, 0.2) is 17.8 Å². The van der Waals surface area contributed by atoms with Crippen molar-refractivity contribution in [1.82, 2.24) is 19.5 Å². The summed E-state index contributed by atoms with van der Waals surface area (Å²) in [6.07, 6.45) is 5.40. The normalized spacial score (nSPS) is 30.0. The molecule has 10 nitrogen and oxygen atoms in total. The number of hydrogen-bond acceptors (Lipinski definition) is 9. The van der Waals surface area contributed by atoms with Gasteiger partial charge in [0.25, 0.3) is 0 Å². The van der Waals surface area contributed by atoms with Gasteiger partial charge in [0.2, 0.25) is 0 Å². The van der Waals surface area contributed by atoms with Crippen LogP contribution in [0.3, 0.4) is 0 Å². The molecular formula is C16H22N6O4. The lowest BCUT2D eigenvalue weighted by Crippen LogP contribution is -2.33. The van der Waals surface area contributed by atoms with Crippen molar-refractivity contribution < 1.29 is 20.1 Å². The van der Waals surface area contributed by atoms with E-state index in [0.717, 1.165) is 12.8 Å². The fraction of sp³-hybridized carbons (Fsp3) is 0.625. The maximum Gasteiger partial charge on any atom is 0.177 e. The van der Waals surface area contributed by atoms with E-state index in [1.807, 2.05) is 6.21 Å². The molecule has 0 amide bonds. The highest BCUT2D eigenvalue weighted by Crippen LogP contribution is 2.32. The molecule has 2 aromatic heterocycles. The minimum Gasteiger partial charge on any atom is -0.394 e. The summed E-state index contributed by atoms with van der Waals surface area (Å²) >= 11 is 0. The largest absolute Gasteiger partial charge is 0.394 e. The van der Waals surface area contributed by atoms with E-state index in [2.05, 4.69) is 25.5 Å². The van der Waals surface area contributed by atoms with Crippen molar-refractivity contribution in [3.05, 3.63) is 12.7 Å². The first-order valence-electron chi connectivity index (χ1n) is 8.78. The van der Waals surface area contributed by atoms with Crippen molar-refractivity contribution in [2.24, 2.45) is 11.0 Å². The second kappa shape index (κ2) is 7.23. The Labute approximate surface area is 149 Å². The molecule has 1 aliphatic heterocycles. The molecule has 1 saturated heterocycles. The summed E-state index contributed by atoms with van der Waals surface area (Å²) < 4.78 is 7.06. The van der Waals surface area contributed by atoms with Gasteiger partial charge in [-0.1, -0.05) is 12.8 Å². The smallest absolute Gasteiger partial charge is 0.177 e. The Morgan fingerprint density at radius 3 is 2.77 bits per heavy atom. The average Bonchev–Trinajstić information content (AvgIpc) is 3.37. The standard InChI is InChI=1S/C16H22N6O4/c23-6-10-12(24)13(25)16(26-10)22-8-19-11-14(17-7-18-15(11)22)21-20-5-9-3-1-2-4-9/h5,7-10,12-13,16,23-25H,1-4,6H2,(H,17,18,21)/t10-,12-,13-,16-/m1/s1. The molecular weight excluding hydrogens is 340 g/mol. The summed E-state index contributed by atoms with van der Waals surface area (Å²) in [4.78, 5) is 12.7. The highest BCUT2D eigenvalue weighted by atomic mass is 16.6. The highest BCUT2D eigenvalue weighted by Gasteiger charge is 2.44. The zero-order valence-electron chi connectivity index (χ0n) is 14.1. The first-order chi connectivity index (χ1) is 12.7. The Balaban J connectivity index is 1.57. The number of aromatic nitrogens is 4. The molecule has 2 fully saturated rings. The molecule has 4 N–H and O–H groups in total. The molecule has 140 valence electrons. The Kier molecular flexibility index (Phi) is 4.81. The lowest BCUT2D eigenvalue weighted by Gasteiger charge is -2.16. The second-order valence-electron chi connectivity index (χ2n) is 6.71. The minimum atomic E-state index is -1.20.